The van der Waals surface area contributed by atoms with Crippen molar-refractivity contribution in [1.29, 1.82) is 0 Å². The molecule has 3 amide bonds. The van der Waals surface area contributed by atoms with Crippen LogP contribution in [0.1, 0.15) is 11.1 Å². The lowest BCUT2D eigenvalue weighted by atomic mass is 10.0. The lowest BCUT2D eigenvalue weighted by molar-refractivity contribution is -0.142. The topological polar surface area (TPSA) is 187 Å². The number of carboxylic acids is 1. The second-order valence-electron chi connectivity index (χ2n) is 8.22. The minimum Gasteiger partial charge on any atom is -0.480 e. The van der Waals surface area contributed by atoms with Crippen molar-refractivity contribution in [3.8, 4) is 0 Å². The second-order valence-corrected chi connectivity index (χ2v) is 8.22. The van der Waals surface area contributed by atoms with Crippen LogP contribution in [-0.2, 0) is 32.0 Å². The van der Waals surface area contributed by atoms with Crippen molar-refractivity contribution in [3.63, 3.8) is 0 Å². The van der Waals surface area contributed by atoms with Crippen LogP contribution in [-0.4, -0.2) is 70.2 Å². The van der Waals surface area contributed by atoms with Crippen LogP contribution in [0.5, 0.6) is 0 Å². The number of hydrogen-bond acceptors (Lipinski definition) is 6. The molecule has 3 aromatic rings. The Hall–Kier alpha value is -4.22. The zero-order valence-corrected chi connectivity index (χ0v) is 19.4. The van der Waals surface area contributed by atoms with E-state index in [4.69, 9.17) is 5.73 Å². The first-order valence-electron chi connectivity index (χ1n) is 11.3. The molecule has 36 heavy (non-hydrogen) atoms. The van der Waals surface area contributed by atoms with E-state index in [0.717, 1.165) is 16.5 Å². The number of aliphatic carboxylic acids is 1. The number of carbonyl (C=O) groups is 4. The molecule has 11 nitrogen and oxygen atoms in total. The molecule has 3 rings (SSSR count). The van der Waals surface area contributed by atoms with Gasteiger partial charge in [-0.15, -0.1) is 0 Å². The molecule has 0 radical (unpaired) electrons. The number of para-hydroxylation sites is 1. The molecular weight excluding hydrogens is 466 g/mol. The highest BCUT2D eigenvalue weighted by Gasteiger charge is 2.29. The van der Waals surface area contributed by atoms with Gasteiger partial charge in [-0.05, 0) is 17.2 Å². The molecule has 1 aromatic heterocycles. The van der Waals surface area contributed by atoms with Crippen molar-refractivity contribution in [1.82, 2.24) is 20.9 Å². The summed E-state index contributed by atoms with van der Waals surface area (Å²) in [6, 6.07) is 12.4. The Morgan fingerprint density at radius 2 is 1.47 bits per heavy atom. The predicted octanol–water partition coefficient (Wildman–Crippen LogP) is -0.557. The highest BCUT2D eigenvalue weighted by atomic mass is 16.4. The molecule has 8 N–H and O–H groups in total. The number of fused-ring (bicyclic) bond motifs is 1. The first kappa shape index (κ1) is 26.4. The molecule has 3 atom stereocenters. The molecule has 11 heteroatoms. The number of nitrogens with two attached hydrogens (primary N) is 1. The van der Waals surface area contributed by atoms with Gasteiger partial charge in [0.2, 0.25) is 17.7 Å². The molecule has 0 aliphatic heterocycles. The molecule has 0 fully saturated rings. The highest BCUT2D eigenvalue weighted by Crippen LogP contribution is 2.19. The zero-order valence-electron chi connectivity index (χ0n) is 19.4. The van der Waals surface area contributed by atoms with Gasteiger partial charge >= 0.3 is 5.97 Å². The number of aliphatic hydroxyl groups excluding tert-OH is 1. The van der Waals surface area contributed by atoms with Gasteiger partial charge in [0.15, 0.2) is 0 Å². The lowest BCUT2D eigenvalue weighted by Crippen LogP contribution is -2.58. The van der Waals surface area contributed by atoms with Crippen LogP contribution in [0.15, 0.2) is 60.8 Å². The fraction of sp³-hybridized carbons (Fsp3) is 0.280. The SMILES string of the molecule is NCC(=O)NC(Cc1c[nH]c2ccccc12)C(=O)NC(CO)C(=O)NC(Cc1ccccc1)C(=O)O. The standard InChI is InChI=1S/C25H29N5O6/c26-12-22(32)28-19(11-16-13-27-18-9-5-4-8-17(16)18)23(33)30-21(14-31)24(34)29-20(25(35)36)10-15-6-2-1-3-7-15/h1-9,13,19-21,27,31H,10-12,14,26H2,(H,28,32)(H,29,34)(H,30,33)(H,35,36). The third-order valence-electron chi connectivity index (χ3n) is 5.65. The number of aromatic amines is 1. The summed E-state index contributed by atoms with van der Waals surface area (Å²) in [5.41, 5.74) is 7.69. The van der Waals surface area contributed by atoms with Gasteiger partial charge in [0.05, 0.1) is 13.2 Å². The number of carbonyl (C=O) groups excluding carboxylic acids is 3. The summed E-state index contributed by atoms with van der Waals surface area (Å²) in [5, 5.41) is 27.5. The minimum atomic E-state index is -1.43. The van der Waals surface area contributed by atoms with E-state index in [0.29, 0.717) is 5.56 Å². The van der Waals surface area contributed by atoms with Crippen molar-refractivity contribution in [2.24, 2.45) is 5.73 Å². The van der Waals surface area contributed by atoms with Gasteiger partial charge in [-0.3, -0.25) is 14.4 Å². The molecule has 3 unspecified atom stereocenters. The largest absolute Gasteiger partial charge is 0.480 e. The number of benzene rings is 2. The number of nitrogens with one attached hydrogen (secondary N) is 4. The second kappa shape index (κ2) is 12.5. The average Bonchev–Trinajstić information content (AvgIpc) is 3.29. The third kappa shape index (κ3) is 6.90. The summed E-state index contributed by atoms with van der Waals surface area (Å²) in [4.78, 5) is 52.6. The zero-order chi connectivity index (χ0) is 26.1. The summed E-state index contributed by atoms with van der Waals surface area (Å²) in [6.45, 7) is -1.12. The van der Waals surface area contributed by atoms with Crippen LogP contribution in [0.4, 0.5) is 0 Å². The van der Waals surface area contributed by atoms with Crippen LogP contribution >= 0.6 is 0 Å². The lowest BCUT2D eigenvalue weighted by Gasteiger charge is -2.23. The molecular formula is C25H29N5O6. The van der Waals surface area contributed by atoms with Gasteiger partial charge in [-0.25, -0.2) is 4.79 Å². The quantitative estimate of drug-likeness (QED) is 0.175. The molecule has 2 aromatic carbocycles. The fourth-order valence-corrected chi connectivity index (χ4v) is 3.77. The average molecular weight is 496 g/mol. The number of carboxylic acid groups (broad SMARTS) is 1. The number of aliphatic hydroxyl groups is 1. The van der Waals surface area contributed by atoms with Gasteiger partial charge < -0.3 is 36.9 Å². The van der Waals surface area contributed by atoms with E-state index < -0.39 is 48.4 Å². The Morgan fingerprint density at radius 3 is 2.14 bits per heavy atom. The Kier molecular flexibility index (Phi) is 9.14. The number of rotatable bonds is 12. The Morgan fingerprint density at radius 1 is 0.833 bits per heavy atom. The number of H-pyrrole nitrogens is 1. The number of hydrogen-bond donors (Lipinski definition) is 7. The first-order valence-corrected chi connectivity index (χ1v) is 11.3. The van der Waals surface area contributed by atoms with Crippen molar-refractivity contribution in [2.45, 2.75) is 31.0 Å². The third-order valence-corrected chi connectivity index (χ3v) is 5.65. The number of amides is 3. The van der Waals surface area contributed by atoms with Crippen LogP contribution in [0.2, 0.25) is 0 Å². The molecule has 0 aliphatic carbocycles. The maximum Gasteiger partial charge on any atom is 0.326 e. The molecule has 0 spiro atoms. The maximum absolute atomic E-state index is 13.1. The minimum absolute atomic E-state index is 0.0176. The first-order chi connectivity index (χ1) is 17.3. The molecule has 0 saturated heterocycles. The van der Waals surface area contributed by atoms with E-state index in [9.17, 15) is 29.4 Å². The van der Waals surface area contributed by atoms with E-state index in [1.165, 1.54) is 0 Å². The van der Waals surface area contributed by atoms with E-state index >= 15 is 0 Å². The monoisotopic (exact) mass is 495 g/mol. The van der Waals surface area contributed by atoms with Gasteiger partial charge in [-0.2, -0.15) is 0 Å². The van der Waals surface area contributed by atoms with Gasteiger partial charge in [0, 0.05) is 29.9 Å². The smallest absolute Gasteiger partial charge is 0.326 e. The van der Waals surface area contributed by atoms with Crippen LogP contribution < -0.4 is 21.7 Å². The Balaban J connectivity index is 1.71. The number of aromatic nitrogens is 1. The van der Waals surface area contributed by atoms with E-state index in [-0.39, 0.29) is 19.4 Å². The van der Waals surface area contributed by atoms with Crippen molar-refractivity contribution in [2.75, 3.05) is 13.2 Å². The Labute approximate surface area is 207 Å². The van der Waals surface area contributed by atoms with Crippen LogP contribution in [0.3, 0.4) is 0 Å². The summed E-state index contributed by atoms with van der Waals surface area (Å²) in [5.74, 6) is -3.44. The van der Waals surface area contributed by atoms with Crippen LogP contribution in [0, 0.1) is 0 Å². The van der Waals surface area contributed by atoms with Crippen molar-refractivity contribution < 1.29 is 29.4 Å². The molecule has 0 saturated carbocycles. The van der Waals surface area contributed by atoms with Crippen LogP contribution in [0.25, 0.3) is 10.9 Å². The normalized spacial score (nSPS) is 13.4. The van der Waals surface area contributed by atoms with E-state index in [2.05, 4.69) is 20.9 Å². The summed E-state index contributed by atoms with van der Waals surface area (Å²) < 4.78 is 0. The summed E-state index contributed by atoms with van der Waals surface area (Å²) >= 11 is 0. The summed E-state index contributed by atoms with van der Waals surface area (Å²) in [7, 11) is 0. The predicted molar refractivity (Wildman–Crippen MR) is 132 cm³/mol. The van der Waals surface area contributed by atoms with Gasteiger partial charge in [-0.1, -0.05) is 48.5 Å². The molecule has 0 bridgehead atoms. The van der Waals surface area contributed by atoms with E-state index in [1.54, 1.807) is 36.5 Å². The molecule has 190 valence electrons. The van der Waals surface area contributed by atoms with Gasteiger partial charge in [0.25, 0.3) is 0 Å². The Bertz CT molecular complexity index is 1210. The van der Waals surface area contributed by atoms with E-state index in [1.807, 2.05) is 24.3 Å². The molecule has 1 heterocycles. The van der Waals surface area contributed by atoms with Gasteiger partial charge in [0.1, 0.15) is 18.1 Å². The maximum atomic E-state index is 13.1. The highest BCUT2D eigenvalue weighted by molar-refractivity contribution is 5.94. The molecule has 0 aliphatic rings. The summed E-state index contributed by atoms with van der Waals surface area (Å²) in [6.07, 6.45) is 1.83. The fourth-order valence-electron chi connectivity index (χ4n) is 3.77. The van der Waals surface area contributed by atoms with Crippen molar-refractivity contribution in [3.05, 3.63) is 71.9 Å². The van der Waals surface area contributed by atoms with Crippen molar-refractivity contribution >= 4 is 34.6 Å².